The number of rotatable bonds is 3. The summed E-state index contributed by atoms with van der Waals surface area (Å²) in [5.41, 5.74) is 2.04. The first-order valence-electron chi connectivity index (χ1n) is 8.00. The summed E-state index contributed by atoms with van der Waals surface area (Å²) in [6.45, 7) is 4.01. The summed E-state index contributed by atoms with van der Waals surface area (Å²) in [6, 6.07) is 9.61. The Labute approximate surface area is 135 Å². The maximum Gasteiger partial charge on any atom is 0.258 e. The van der Waals surface area contributed by atoms with Crippen molar-refractivity contribution in [1.29, 1.82) is 5.26 Å². The van der Waals surface area contributed by atoms with Gasteiger partial charge in [0.25, 0.3) is 5.56 Å². The molecule has 0 N–H and O–H groups in total. The highest BCUT2D eigenvalue weighted by atomic mass is 16.1. The van der Waals surface area contributed by atoms with E-state index in [9.17, 15) is 10.1 Å². The molecule has 1 saturated heterocycles. The third kappa shape index (κ3) is 3.11. The van der Waals surface area contributed by atoms with E-state index in [1.807, 2.05) is 18.2 Å². The van der Waals surface area contributed by atoms with Crippen molar-refractivity contribution in [1.82, 2.24) is 9.55 Å². The molecule has 2 aromatic rings. The Hall–Kier alpha value is -2.61. The molecule has 1 aliphatic heterocycles. The highest BCUT2D eigenvalue weighted by Crippen LogP contribution is 2.18. The molecule has 23 heavy (non-hydrogen) atoms. The Morgan fingerprint density at radius 2 is 1.96 bits per heavy atom. The second-order valence-electron chi connectivity index (χ2n) is 5.95. The van der Waals surface area contributed by atoms with Crippen molar-refractivity contribution in [3.63, 3.8) is 0 Å². The smallest absolute Gasteiger partial charge is 0.258 e. The summed E-state index contributed by atoms with van der Waals surface area (Å²) in [6.07, 6.45) is 5.12. The van der Waals surface area contributed by atoms with Crippen LogP contribution in [0.2, 0.25) is 0 Å². The monoisotopic (exact) mass is 308 g/mol. The molecule has 118 valence electrons. The van der Waals surface area contributed by atoms with Crippen LogP contribution in [0.3, 0.4) is 0 Å². The zero-order chi connectivity index (χ0) is 16.2. The maximum atomic E-state index is 12.6. The molecule has 0 atom stereocenters. The van der Waals surface area contributed by atoms with E-state index < -0.39 is 0 Å². The predicted molar refractivity (Wildman–Crippen MR) is 89.6 cm³/mol. The van der Waals surface area contributed by atoms with E-state index in [2.05, 4.69) is 16.0 Å². The Morgan fingerprint density at radius 3 is 2.70 bits per heavy atom. The van der Waals surface area contributed by atoms with Crippen LogP contribution in [-0.4, -0.2) is 22.6 Å². The molecule has 1 fully saturated rings. The summed E-state index contributed by atoms with van der Waals surface area (Å²) in [5.74, 6) is 0.716. The van der Waals surface area contributed by atoms with Crippen LogP contribution < -0.4 is 10.5 Å². The lowest BCUT2D eigenvalue weighted by Crippen LogP contribution is -2.37. The zero-order valence-electron chi connectivity index (χ0n) is 13.3. The molecule has 0 saturated carbocycles. The number of aryl methyl sites for hydroxylation is 1. The SMILES string of the molecule is Cc1cnc(N2CCCCC2)n(Cc2ccccc2C#N)c1=O. The molecular formula is C18H20N4O. The van der Waals surface area contributed by atoms with Crippen LogP contribution in [0.5, 0.6) is 0 Å². The number of hydrogen-bond acceptors (Lipinski definition) is 4. The first kappa shape index (κ1) is 15.3. The van der Waals surface area contributed by atoms with Crippen LogP contribution in [0.1, 0.15) is 36.0 Å². The number of aromatic nitrogens is 2. The summed E-state index contributed by atoms with van der Waals surface area (Å²) < 4.78 is 1.71. The normalized spacial score (nSPS) is 14.5. The van der Waals surface area contributed by atoms with Gasteiger partial charge in [0.1, 0.15) is 0 Å². The van der Waals surface area contributed by atoms with Crippen molar-refractivity contribution >= 4 is 5.95 Å². The second-order valence-corrected chi connectivity index (χ2v) is 5.95. The average Bonchev–Trinajstić information content (AvgIpc) is 2.60. The molecule has 1 aromatic carbocycles. The lowest BCUT2D eigenvalue weighted by atomic mass is 10.1. The van der Waals surface area contributed by atoms with Gasteiger partial charge < -0.3 is 4.90 Å². The first-order chi connectivity index (χ1) is 11.2. The highest BCUT2D eigenvalue weighted by Gasteiger charge is 2.18. The summed E-state index contributed by atoms with van der Waals surface area (Å²) in [7, 11) is 0. The van der Waals surface area contributed by atoms with Gasteiger partial charge in [0, 0.05) is 24.8 Å². The van der Waals surface area contributed by atoms with Gasteiger partial charge in [0.2, 0.25) is 5.95 Å². The minimum absolute atomic E-state index is 0.0340. The van der Waals surface area contributed by atoms with Crippen molar-refractivity contribution < 1.29 is 0 Å². The van der Waals surface area contributed by atoms with E-state index in [0.29, 0.717) is 23.6 Å². The Bertz CT molecular complexity index is 797. The van der Waals surface area contributed by atoms with Gasteiger partial charge in [-0.2, -0.15) is 5.26 Å². The molecule has 0 radical (unpaired) electrons. The molecule has 3 rings (SSSR count). The van der Waals surface area contributed by atoms with E-state index in [1.54, 1.807) is 23.8 Å². The molecule has 2 heterocycles. The summed E-state index contributed by atoms with van der Waals surface area (Å²) in [4.78, 5) is 19.3. The second kappa shape index (κ2) is 6.66. The van der Waals surface area contributed by atoms with Crippen LogP contribution >= 0.6 is 0 Å². The molecular weight excluding hydrogens is 288 g/mol. The number of nitrogens with zero attached hydrogens (tertiary/aromatic N) is 4. The molecule has 5 heteroatoms. The number of piperidine rings is 1. The van der Waals surface area contributed by atoms with Crippen molar-refractivity contribution in [2.24, 2.45) is 0 Å². The lowest BCUT2D eigenvalue weighted by Gasteiger charge is -2.29. The molecule has 0 bridgehead atoms. The largest absolute Gasteiger partial charge is 0.342 e. The first-order valence-corrected chi connectivity index (χ1v) is 8.00. The summed E-state index contributed by atoms with van der Waals surface area (Å²) in [5, 5.41) is 9.27. The molecule has 1 aromatic heterocycles. The number of hydrogen-bond donors (Lipinski definition) is 0. The van der Waals surface area contributed by atoms with Gasteiger partial charge in [0.05, 0.1) is 18.2 Å². The minimum atomic E-state index is -0.0340. The van der Waals surface area contributed by atoms with Gasteiger partial charge in [-0.15, -0.1) is 0 Å². The quantitative estimate of drug-likeness (QED) is 0.874. The Balaban J connectivity index is 2.05. The Morgan fingerprint density at radius 1 is 1.22 bits per heavy atom. The molecule has 0 spiro atoms. The van der Waals surface area contributed by atoms with Gasteiger partial charge in [-0.25, -0.2) is 4.98 Å². The van der Waals surface area contributed by atoms with E-state index in [0.717, 1.165) is 31.5 Å². The fourth-order valence-electron chi connectivity index (χ4n) is 3.01. The number of anilines is 1. The molecule has 5 nitrogen and oxygen atoms in total. The van der Waals surface area contributed by atoms with E-state index in [4.69, 9.17) is 0 Å². The summed E-state index contributed by atoms with van der Waals surface area (Å²) >= 11 is 0. The zero-order valence-corrected chi connectivity index (χ0v) is 13.3. The van der Waals surface area contributed by atoms with Gasteiger partial charge in [-0.1, -0.05) is 18.2 Å². The van der Waals surface area contributed by atoms with E-state index in [-0.39, 0.29) is 5.56 Å². The van der Waals surface area contributed by atoms with E-state index >= 15 is 0 Å². The Kier molecular flexibility index (Phi) is 4.42. The maximum absolute atomic E-state index is 12.6. The molecule has 0 aliphatic carbocycles. The third-order valence-electron chi connectivity index (χ3n) is 4.30. The van der Waals surface area contributed by atoms with Crippen LogP contribution in [0.4, 0.5) is 5.95 Å². The van der Waals surface area contributed by atoms with Gasteiger partial charge in [0.15, 0.2) is 0 Å². The molecule has 0 amide bonds. The predicted octanol–water partition coefficient (Wildman–Crippen LogP) is 2.46. The van der Waals surface area contributed by atoms with Crippen LogP contribution in [-0.2, 0) is 6.54 Å². The number of benzene rings is 1. The van der Waals surface area contributed by atoms with E-state index in [1.165, 1.54) is 6.42 Å². The fraction of sp³-hybridized carbons (Fsp3) is 0.389. The van der Waals surface area contributed by atoms with Crippen LogP contribution in [0.15, 0.2) is 35.3 Å². The van der Waals surface area contributed by atoms with Crippen LogP contribution in [0.25, 0.3) is 0 Å². The van der Waals surface area contributed by atoms with Crippen molar-refractivity contribution in [3.05, 3.63) is 57.5 Å². The van der Waals surface area contributed by atoms with Gasteiger partial charge >= 0.3 is 0 Å². The van der Waals surface area contributed by atoms with Gasteiger partial charge in [-0.05, 0) is 37.8 Å². The topological polar surface area (TPSA) is 61.9 Å². The third-order valence-corrected chi connectivity index (χ3v) is 4.30. The van der Waals surface area contributed by atoms with Gasteiger partial charge in [-0.3, -0.25) is 9.36 Å². The lowest BCUT2D eigenvalue weighted by molar-refractivity contribution is 0.550. The van der Waals surface area contributed by atoms with Crippen LogP contribution in [0, 0.1) is 18.3 Å². The fourth-order valence-corrected chi connectivity index (χ4v) is 3.01. The van der Waals surface area contributed by atoms with Crippen molar-refractivity contribution in [3.8, 4) is 6.07 Å². The highest BCUT2D eigenvalue weighted by molar-refractivity contribution is 5.40. The molecule has 0 unspecified atom stereocenters. The van der Waals surface area contributed by atoms with Crippen molar-refractivity contribution in [2.45, 2.75) is 32.7 Å². The van der Waals surface area contributed by atoms with Crippen molar-refractivity contribution in [2.75, 3.05) is 18.0 Å². The average molecular weight is 308 g/mol. The number of nitriles is 1. The molecule has 1 aliphatic rings. The standard InChI is InChI=1S/C18H20N4O/c1-14-12-20-18(21-9-5-2-6-10-21)22(17(14)23)13-16-8-4-3-7-15(16)11-19/h3-4,7-8,12H,2,5-6,9-10,13H2,1H3. The minimum Gasteiger partial charge on any atom is -0.342 e.